The van der Waals surface area contributed by atoms with Crippen molar-refractivity contribution in [3.8, 4) is 0 Å². The summed E-state index contributed by atoms with van der Waals surface area (Å²) in [4.78, 5) is 10.4. The van der Waals surface area contributed by atoms with Gasteiger partial charge in [-0.1, -0.05) is 28.4 Å². The molecule has 0 amide bonds. The number of nitro groups is 1. The smallest absolute Gasteiger partial charge is 0.272 e. The van der Waals surface area contributed by atoms with Gasteiger partial charge in [0, 0.05) is 22.3 Å². The van der Waals surface area contributed by atoms with Crippen LogP contribution in [0.1, 0.15) is 25.8 Å². The predicted octanol–water partition coefficient (Wildman–Crippen LogP) is 4.39. The molecule has 5 heteroatoms. The van der Waals surface area contributed by atoms with E-state index in [-0.39, 0.29) is 5.69 Å². The van der Waals surface area contributed by atoms with Gasteiger partial charge in [-0.25, -0.2) is 0 Å². The highest BCUT2D eigenvalue weighted by Gasteiger charge is 2.11. The number of benzene rings is 1. The van der Waals surface area contributed by atoms with E-state index in [1.54, 1.807) is 6.07 Å². The lowest BCUT2D eigenvalue weighted by molar-refractivity contribution is -0.384. The molecule has 0 unspecified atom stereocenters. The maximum atomic E-state index is 10.8. The van der Waals surface area contributed by atoms with Crippen molar-refractivity contribution < 1.29 is 4.92 Å². The van der Waals surface area contributed by atoms with Gasteiger partial charge in [0.25, 0.3) is 5.69 Å². The highest BCUT2D eigenvalue weighted by Crippen LogP contribution is 2.30. The molecule has 0 aliphatic rings. The number of nitrogens with zero attached hydrogens (tertiary/aromatic N) is 1. The van der Waals surface area contributed by atoms with Gasteiger partial charge in [0.2, 0.25) is 0 Å². The molecule has 0 aliphatic carbocycles. The van der Waals surface area contributed by atoms with Crippen molar-refractivity contribution >= 4 is 27.3 Å². The van der Waals surface area contributed by atoms with Crippen LogP contribution in [0.2, 0.25) is 0 Å². The average Bonchev–Trinajstić information content (AvgIpc) is 2.30. The molecule has 0 fully saturated rings. The van der Waals surface area contributed by atoms with Crippen LogP contribution >= 0.6 is 15.9 Å². The fourth-order valence-corrected chi connectivity index (χ4v) is 1.67. The van der Waals surface area contributed by atoms with Crippen LogP contribution in [0, 0.1) is 17.0 Å². The number of rotatable bonds is 4. The molecule has 0 aromatic heterocycles. The molecule has 0 heterocycles. The van der Waals surface area contributed by atoms with Gasteiger partial charge in [-0.05, 0) is 32.0 Å². The Kier molecular flexibility index (Phi) is 4.69. The second kappa shape index (κ2) is 5.82. The summed E-state index contributed by atoms with van der Waals surface area (Å²) < 4.78 is 0.733. The van der Waals surface area contributed by atoms with E-state index >= 15 is 0 Å². The van der Waals surface area contributed by atoms with Crippen LogP contribution in [0.15, 0.2) is 28.4 Å². The first kappa shape index (κ1) is 13.7. The molecule has 0 saturated heterocycles. The minimum atomic E-state index is -0.397. The first-order valence-corrected chi connectivity index (χ1v) is 6.11. The van der Waals surface area contributed by atoms with Gasteiger partial charge in [-0.15, -0.1) is 0 Å². The Balaban J connectivity index is 3.10. The Morgan fingerprint density at radius 1 is 1.59 bits per heavy atom. The molecule has 4 nitrogen and oxygen atoms in total. The Bertz CT molecular complexity index is 470. The van der Waals surface area contributed by atoms with Gasteiger partial charge < -0.3 is 5.32 Å². The molecule has 17 heavy (non-hydrogen) atoms. The highest BCUT2D eigenvalue weighted by molar-refractivity contribution is 9.10. The molecule has 0 aliphatic heterocycles. The monoisotopic (exact) mass is 298 g/mol. The van der Waals surface area contributed by atoms with Crippen molar-refractivity contribution in [2.75, 3.05) is 5.32 Å². The Hall–Kier alpha value is -1.36. The lowest BCUT2D eigenvalue weighted by Gasteiger charge is -2.08. The van der Waals surface area contributed by atoms with E-state index in [1.165, 1.54) is 11.6 Å². The van der Waals surface area contributed by atoms with Gasteiger partial charge in [-0.3, -0.25) is 10.1 Å². The average molecular weight is 299 g/mol. The summed E-state index contributed by atoms with van der Waals surface area (Å²) in [5, 5.41) is 13.9. The standard InChI is InChI=1S/C12H15BrN2O2/c1-4-8(2)7-14-12-6-10(15(16)17)5-11(13)9(12)3/h5-7,14H,4H2,1-3H3/b8-7+. The fraction of sp³-hybridized carbons (Fsp3) is 0.333. The lowest BCUT2D eigenvalue weighted by atomic mass is 10.1. The first-order chi connectivity index (χ1) is 7.95. The first-order valence-electron chi connectivity index (χ1n) is 5.32. The SMILES string of the molecule is CC/C(C)=C/Nc1cc([N+](=O)[O-])cc(Br)c1C. The van der Waals surface area contributed by atoms with E-state index < -0.39 is 4.92 Å². The molecule has 0 atom stereocenters. The van der Waals surface area contributed by atoms with Crippen molar-refractivity contribution in [1.29, 1.82) is 0 Å². The molecule has 0 spiro atoms. The number of hydrogen-bond donors (Lipinski definition) is 1. The normalized spacial score (nSPS) is 11.4. The second-order valence-corrected chi connectivity index (χ2v) is 4.70. The zero-order valence-electron chi connectivity index (χ0n) is 10.1. The van der Waals surface area contributed by atoms with E-state index in [1.807, 2.05) is 20.0 Å². The molecule has 0 saturated carbocycles. The van der Waals surface area contributed by atoms with E-state index in [0.717, 1.165) is 22.1 Å². The number of non-ortho nitro benzene ring substituents is 1. The zero-order chi connectivity index (χ0) is 13.0. The summed E-state index contributed by atoms with van der Waals surface area (Å²) in [6, 6.07) is 3.05. The maximum Gasteiger partial charge on any atom is 0.272 e. The van der Waals surface area contributed by atoms with E-state index in [4.69, 9.17) is 0 Å². The summed E-state index contributed by atoms with van der Waals surface area (Å²) in [6.45, 7) is 5.98. The van der Waals surface area contributed by atoms with Gasteiger partial charge in [0.05, 0.1) is 4.92 Å². The molecular formula is C12H15BrN2O2. The summed E-state index contributed by atoms with van der Waals surface area (Å²) in [5.41, 5.74) is 2.97. The molecule has 92 valence electrons. The van der Waals surface area contributed by atoms with Crippen molar-refractivity contribution in [3.63, 3.8) is 0 Å². The Morgan fingerprint density at radius 2 is 2.24 bits per heavy atom. The summed E-state index contributed by atoms with van der Waals surface area (Å²) in [6.07, 6.45) is 2.82. The summed E-state index contributed by atoms with van der Waals surface area (Å²) in [5.74, 6) is 0. The number of nitrogens with one attached hydrogen (secondary N) is 1. The zero-order valence-corrected chi connectivity index (χ0v) is 11.7. The molecule has 1 aromatic carbocycles. The van der Waals surface area contributed by atoms with Gasteiger partial charge in [0.1, 0.15) is 0 Å². The molecule has 1 rings (SSSR count). The van der Waals surface area contributed by atoms with E-state index in [2.05, 4.69) is 28.2 Å². The van der Waals surface area contributed by atoms with Crippen LogP contribution in [0.5, 0.6) is 0 Å². The number of allylic oxidation sites excluding steroid dienone is 1. The number of anilines is 1. The quantitative estimate of drug-likeness (QED) is 0.662. The minimum absolute atomic E-state index is 0.0764. The fourth-order valence-electron chi connectivity index (χ4n) is 1.22. The maximum absolute atomic E-state index is 10.8. The third-order valence-electron chi connectivity index (χ3n) is 2.57. The lowest BCUT2D eigenvalue weighted by Crippen LogP contribution is -1.96. The van der Waals surface area contributed by atoms with Crippen LogP contribution in [0.4, 0.5) is 11.4 Å². The van der Waals surface area contributed by atoms with Crippen LogP contribution in [0.25, 0.3) is 0 Å². The predicted molar refractivity (Wildman–Crippen MR) is 73.2 cm³/mol. The van der Waals surface area contributed by atoms with Crippen LogP contribution in [0.3, 0.4) is 0 Å². The molecule has 1 N–H and O–H groups in total. The molecule has 1 aromatic rings. The molecule has 0 radical (unpaired) electrons. The van der Waals surface area contributed by atoms with Gasteiger partial charge in [0.15, 0.2) is 0 Å². The molecule has 0 bridgehead atoms. The molecular weight excluding hydrogens is 284 g/mol. The van der Waals surface area contributed by atoms with E-state index in [0.29, 0.717) is 0 Å². The van der Waals surface area contributed by atoms with Crippen molar-refractivity contribution in [1.82, 2.24) is 0 Å². The van der Waals surface area contributed by atoms with Crippen LogP contribution in [-0.4, -0.2) is 4.92 Å². The van der Waals surface area contributed by atoms with Gasteiger partial charge in [-0.2, -0.15) is 0 Å². The number of halogens is 1. The highest BCUT2D eigenvalue weighted by atomic mass is 79.9. The number of hydrogen-bond acceptors (Lipinski definition) is 3. The third kappa shape index (κ3) is 3.56. The summed E-state index contributed by atoms with van der Waals surface area (Å²) >= 11 is 3.32. The minimum Gasteiger partial charge on any atom is -0.361 e. The van der Waals surface area contributed by atoms with Crippen LogP contribution < -0.4 is 5.32 Å². The van der Waals surface area contributed by atoms with Crippen molar-refractivity contribution in [3.05, 3.63) is 44.1 Å². The Labute approximate surface area is 109 Å². The van der Waals surface area contributed by atoms with Gasteiger partial charge >= 0.3 is 0 Å². The second-order valence-electron chi connectivity index (χ2n) is 3.85. The van der Waals surface area contributed by atoms with E-state index in [9.17, 15) is 10.1 Å². The largest absolute Gasteiger partial charge is 0.361 e. The Morgan fingerprint density at radius 3 is 2.76 bits per heavy atom. The summed E-state index contributed by atoms with van der Waals surface area (Å²) in [7, 11) is 0. The van der Waals surface area contributed by atoms with Crippen molar-refractivity contribution in [2.45, 2.75) is 27.2 Å². The van der Waals surface area contributed by atoms with Crippen LogP contribution in [-0.2, 0) is 0 Å². The van der Waals surface area contributed by atoms with Crippen molar-refractivity contribution in [2.24, 2.45) is 0 Å². The third-order valence-corrected chi connectivity index (χ3v) is 3.40. The number of nitro benzene ring substituents is 1. The topological polar surface area (TPSA) is 55.2 Å².